The lowest BCUT2D eigenvalue weighted by atomic mass is 10.3. The summed E-state index contributed by atoms with van der Waals surface area (Å²) < 4.78 is 0. The van der Waals surface area contributed by atoms with Gasteiger partial charge in [0.05, 0.1) is 6.54 Å². The van der Waals surface area contributed by atoms with Crippen molar-refractivity contribution in [3.63, 3.8) is 0 Å². The Morgan fingerprint density at radius 2 is 1.81 bits per heavy atom. The summed E-state index contributed by atoms with van der Waals surface area (Å²) in [6, 6.07) is 9.65. The fraction of sp³-hybridized carbons (Fsp3) is 0.357. The van der Waals surface area contributed by atoms with Crippen LogP contribution in [0.3, 0.4) is 0 Å². The van der Waals surface area contributed by atoms with Gasteiger partial charge in [0, 0.05) is 18.8 Å². The summed E-state index contributed by atoms with van der Waals surface area (Å²) in [6.45, 7) is 2.38. The van der Waals surface area contributed by atoms with E-state index in [0.717, 1.165) is 10.7 Å². The van der Waals surface area contributed by atoms with Crippen LogP contribution in [-0.2, 0) is 14.4 Å². The van der Waals surface area contributed by atoms with E-state index < -0.39 is 18.1 Å². The number of benzene rings is 1. The van der Waals surface area contributed by atoms with Crippen molar-refractivity contribution < 1.29 is 14.4 Å². The van der Waals surface area contributed by atoms with Gasteiger partial charge in [-0.25, -0.2) is 0 Å². The SMILES string of the molecule is CC(=O)CN1NC2N(CCN2c2ccccc2)C(=O)C1=O. The summed E-state index contributed by atoms with van der Waals surface area (Å²) in [4.78, 5) is 38.8. The van der Waals surface area contributed by atoms with Crippen molar-refractivity contribution in [1.29, 1.82) is 0 Å². The molecule has 0 aromatic heterocycles. The number of carbonyl (C=O) groups excluding carboxylic acids is 3. The lowest BCUT2D eigenvalue weighted by Crippen LogP contribution is -2.68. The number of fused-ring (bicyclic) bond motifs is 1. The predicted molar refractivity (Wildman–Crippen MR) is 74.8 cm³/mol. The molecular weight excluding hydrogens is 272 g/mol. The minimum Gasteiger partial charge on any atom is -0.336 e. The van der Waals surface area contributed by atoms with Crippen molar-refractivity contribution >= 4 is 23.3 Å². The predicted octanol–water partition coefficient (Wildman–Crippen LogP) is -0.445. The summed E-state index contributed by atoms with van der Waals surface area (Å²) in [5, 5.41) is 1.10. The molecule has 21 heavy (non-hydrogen) atoms. The van der Waals surface area contributed by atoms with Crippen molar-refractivity contribution in [1.82, 2.24) is 15.3 Å². The molecule has 7 nitrogen and oxygen atoms in total. The van der Waals surface area contributed by atoms with Crippen molar-refractivity contribution in [2.75, 3.05) is 24.5 Å². The number of Topliss-reactive ketones (excluding diaryl/α,β-unsaturated/α-hetero) is 1. The van der Waals surface area contributed by atoms with Crippen LogP contribution in [0, 0.1) is 0 Å². The minimum absolute atomic E-state index is 0.114. The summed E-state index contributed by atoms with van der Waals surface area (Å²) in [5.74, 6) is -1.43. The number of hydrogen-bond acceptors (Lipinski definition) is 5. The third-order valence-corrected chi connectivity index (χ3v) is 3.60. The first kappa shape index (κ1) is 13.6. The molecule has 0 bridgehead atoms. The van der Waals surface area contributed by atoms with Crippen molar-refractivity contribution in [3.8, 4) is 0 Å². The fourth-order valence-corrected chi connectivity index (χ4v) is 2.65. The Labute approximate surface area is 122 Å². The van der Waals surface area contributed by atoms with E-state index in [1.54, 1.807) is 0 Å². The molecule has 7 heteroatoms. The molecule has 0 saturated carbocycles. The number of nitrogens with zero attached hydrogens (tertiary/aromatic N) is 3. The average Bonchev–Trinajstić information content (AvgIpc) is 2.89. The molecule has 2 aliphatic heterocycles. The van der Waals surface area contributed by atoms with E-state index in [2.05, 4.69) is 5.43 Å². The zero-order valence-corrected chi connectivity index (χ0v) is 11.7. The van der Waals surface area contributed by atoms with E-state index in [0.29, 0.717) is 13.1 Å². The summed E-state index contributed by atoms with van der Waals surface area (Å²) >= 11 is 0. The van der Waals surface area contributed by atoms with Crippen LogP contribution >= 0.6 is 0 Å². The third-order valence-electron chi connectivity index (χ3n) is 3.60. The highest BCUT2D eigenvalue weighted by Crippen LogP contribution is 2.24. The number of ketones is 1. The second kappa shape index (κ2) is 5.17. The molecule has 2 saturated heterocycles. The first-order valence-electron chi connectivity index (χ1n) is 6.77. The molecule has 1 N–H and O–H groups in total. The molecule has 3 rings (SSSR count). The van der Waals surface area contributed by atoms with Crippen LogP contribution in [-0.4, -0.2) is 53.4 Å². The Hall–Kier alpha value is -2.41. The maximum absolute atomic E-state index is 12.1. The Morgan fingerprint density at radius 3 is 2.48 bits per heavy atom. The van der Waals surface area contributed by atoms with Gasteiger partial charge in [0.2, 0.25) is 0 Å². The maximum atomic E-state index is 12.1. The molecule has 0 aliphatic carbocycles. The van der Waals surface area contributed by atoms with Crippen LogP contribution in [0.4, 0.5) is 5.69 Å². The molecule has 2 heterocycles. The first-order valence-corrected chi connectivity index (χ1v) is 6.77. The van der Waals surface area contributed by atoms with Gasteiger partial charge in [0.1, 0.15) is 0 Å². The number of nitrogens with one attached hydrogen (secondary N) is 1. The van der Waals surface area contributed by atoms with E-state index in [1.165, 1.54) is 11.8 Å². The van der Waals surface area contributed by atoms with E-state index in [4.69, 9.17) is 0 Å². The highest BCUT2D eigenvalue weighted by Gasteiger charge is 2.45. The number of hydrogen-bond donors (Lipinski definition) is 1. The van der Waals surface area contributed by atoms with Crippen LogP contribution < -0.4 is 10.3 Å². The van der Waals surface area contributed by atoms with Gasteiger partial charge in [-0.3, -0.25) is 24.3 Å². The molecule has 0 spiro atoms. The quantitative estimate of drug-likeness (QED) is 0.763. The third kappa shape index (κ3) is 2.36. The number of carbonyl (C=O) groups is 3. The molecule has 1 aromatic rings. The highest BCUT2D eigenvalue weighted by atomic mass is 16.2. The van der Waals surface area contributed by atoms with Crippen LogP contribution in [0.1, 0.15) is 6.92 Å². The molecule has 1 unspecified atom stereocenters. The van der Waals surface area contributed by atoms with Gasteiger partial charge in [0.25, 0.3) is 0 Å². The molecule has 1 atom stereocenters. The molecule has 2 aliphatic rings. The van der Waals surface area contributed by atoms with Crippen LogP contribution in [0.15, 0.2) is 30.3 Å². The number of anilines is 1. The number of amides is 2. The monoisotopic (exact) mass is 288 g/mol. The standard InChI is InChI=1S/C14H16N4O3/c1-10(19)9-18-13(21)12(20)17-8-7-16(14(17)15-18)11-5-3-2-4-6-11/h2-6,14-15H,7-9H2,1H3. The Balaban J connectivity index is 1.86. The van der Waals surface area contributed by atoms with Crippen molar-refractivity contribution in [2.45, 2.75) is 13.2 Å². The van der Waals surface area contributed by atoms with Gasteiger partial charge in [-0.2, -0.15) is 5.43 Å². The summed E-state index contributed by atoms with van der Waals surface area (Å²) in [5.41, 5.74) is 3.93. The molecule has 0 radical (unpaired) electrons. The summed E-state index contributed by atoms with van der Waals surface area (Å²) in [7, 11) is 0. The van der Waals surface area contributed by atoms with E-state index in [-0.39, 0.29) is 12.3 Å². The van der Waals surface area contributed by atoms with Gasteiger partial charge < -0.3 is 4.90 Å². The second-order valence-electron chi connectivity index (χ2n) is 5.12. The Bertz CT molecular complexity index is 589. The number of rotatable bonds is 3. The van der Waals surface area contributed by atoms with Gasteiger partial charge in [0.15, 0.2) is 12.1 Å². The van der Waals surface area contributed by atoms with Crippen molar-refractivity contribution in [2.24, 2.45) is 0 Å². The van der Waals surface area contributed by atoms with Gasteiger partial charge >= 0.3 is 11.8 Å². The van der Waals surface area contributed by atoms with E-state index >= 15 is 0 Å². The Kier molecular flexibility index (Phi) is 3.34. The smallest absolute Gasteiger partial charge is 0.326 e. The molecule has 2 fully saturated rings. The Morgan fingerprint density at radius 1 is 1.14 bits per heavy atom. The van der Waals surface area contributed by atoms with Gasteiger partial charge in [-0.05, 0) is 19.1 Å². The molecule has 2 amide bonds. The average molecular weight is 288 g/mol. The fourth-order valence-electron chi connectivity index (χ4n) is 2.65. The van der Waals surface area contributed by atoms with E-state index in [1.807, 2.05) is 35.2 Å². The minimum atomic E-state index is -0.684. The normalized spacial score (nSPS) is 21.8. The summed E-state index contributed by atoms with van der Waals surface area (Å²) in [6.07, 6.45) is -0.433. The first-order chi connectivity index (χ1) is 10.1. The van der Waals surface area contributed by atoms with Crippen LogP contribution in [0.2, 0.25) is 0 Å². The number of hydrazine groups is 1. The van der Waals surface area contributed by atoms with Crippen LogP contribution in [0.25, 0.3) is 0 Å². The molecular formula is C14H16N4O3. The zero-order valence-electron chi connectivity index (χ0n) is 11.7. The van der Waals surface area contributed by atoms with E-state index in [9.17, 15) is 14.4 Å². The lowest BCUT2D eigenvalue weighted by Gasteiger charge is -2.40. The largest absolute Gasteiger partial charge is 0.336 e. The van der Waals surface area contributed by atoms with Crippen molar-refractivity contribution in [3.05, 3.63) is 30.3 Å². The highest BCUT2D eigenvalue weighted by molar-refractivity contribution is 6.35. The second-order valence-corrected chi connectivity index (χ2v) is 5.12. The molecule has 110 valence electrons. The number of para-hydroxylation sites is 1. The van der Waals surface area contributed by atoms with Gasteiger partial charge in [-0.1, -0.05) is 18.2 Å². The van der Waals surface area contributed by atoms with Crippen LogP contribution in [0.5, 0.6) is 0 Å². The topological polar surface area (TPSA) is 73.0 Å². The lowest BCUT2D eigenvalue weighted by molar-refractivity contribution is -0.163. The van der Waals surface area contributed by atoms with Gasteiger partial charge in [-0.15, -0.1) is 0 Å². The maximum Gasteiger partial charge on any atom is 0.326 e. The zero-order chi connectivity index (χ0) is 15.0. The molecule has 1 aromatic carbocycles.